The molecule has 1 rings (SSSR count). The molecule has 0 atom stereocenters. The molecule has 0 radical (unpaired) electrons. The second kappa shape index (κ2) is 5.75. The Morgan fingerprint density at radius 1 is 1.50 bits per heavy atom. The predicted octanol–water partition coefficient (Wildman–Crippen LogP) is 2.48. The van der Waals surface area contributed by atoms with E-state index >= 15 is 0 Å². The number of thiazole rings is 1. The molecular formula is C12H23N3S. The van der Waals surface area contributed by atoms with Gasteiger partial charge in [-0.2, -0.15) is 0 Å². The van der Waals surface area contributed by atoms with Crippen LogP contribution in [0.15, 0.2) is 5.38 Å². The van der Waals surface area contributed by atoms with Gasteiger partial charge < -0.3 is 5.32 Å². The van der Waals surface area contributed by atoms with Crippen LogP contribution in [0, 0.1) is 0 Å². The molecule has 0 saturated heterocycles. The zero-order valence-corrected chi connectivity index (χ0v) is 11.8. The first-order valence-electron chi connectivity index (χ1n) is 5.78. The van der Waals surface area contributed by atoms with Crippen molar-refractivity contribution in [2.45, 2.75) is 45.8 Å². The van der Waals surface area contributed by atoms with Crippen molar-refractivity contribution in [3.8, 4) is 0 Å². The Bertz CT molecular complexity index is 320. The summed E-state index contributed by atoms with van der Waals surface area (Å²) in [5, 5.41) is 6.45. The molecule has 0 aliphatic carbocycles. The maximum atomic E-state index is 4.60. The molecule has 92 valence electrons. The number of nitrogens with zero attached hydrogens (tertiary/aromatic N) is 2. The molecule has 0 amide bonds. The van der Waals surface area contributed by atoms with Crippen LogP contribution in [0.4, 0.5) is 0 Å². The summed E-state index contributed by atoms with van der Waals surface area (Å²) in [4.78, 5) is 6.97. The van der Waals surface area contributed by atoms with Gasteiger partial charge in [-0.15, -0.1) is 11.3 Å². The van der Waals surface area contributed by atoms with Crippen molar-refractivity contribution in [3.05, 3.63) is 16.1 Å². The van der Waals surface area contributed by atoms with Gasteiger partial charge >= 0.3 is 0 Å². The van der Waals surface area contributed by atoms with E-state index in [9.17, 15) is 0 Å². The van der Waals surface area contributed by atoms with Gasteiger partial charge in [-0.05, 0) is 34.4 Å². The van der Waals surface area contributed by atoms with Crippen LogP contribution in [-0.4, -0.2) is 29.5 Å². The van der Waals surface area contributed by atoms with E-state index in [4.69, 9.17) is 0 Å². The lowest BCUT2D eigenvalue weighted by molar-refractivity contribution is 0.141. The summed E-state index contributed by atoms with van der Waals surface area (Å²) in [6.45, 7) is 8.57. The highest BCUT2D eigenvalue weighted by Crippen LogP contribution is 2.20. The van der Waals surface area contributed by atoms with E-state index in [1.54, 1.807) is 11.3 Å². The van der Waals surface area contributed by atoms with Crippen LogP contribution in [0.2, 0.25) is 0 Å². The molecule has 0 fully saturated rings. The second-order valence-electron chi connectivity index (χ2n) is 4.78. The Morgan fingerprint density at radius 3 is 2.75 bits per heavy atom. The van der Waals surface area contributed by atoms with Crippen molar-refractivity contribution in [2.24, 2.45) is 0 Å². The van der Waals surface area contributed by atoms with Gasteiger partial charge in [0.05, 0.1) is 5.69 Å². The van der Waals surface area contributed by atoms with Gasteiger partial charge in [0.2, 0.25) is 0 Å². The Hall–Kier alpha value is -0.450. The van der Waals surface area contributed by atoms with Crippen LogP contribution < -0.4 is 5.32 Å². The number of nitrogens with one attached hydrogen (secondary N) is 1. The van der Waals surface area contributed by atoms with Crippen LogP contribution in [0.5, 0.6) is 0 Å². The number of hydrogen-bond donors (Lipinski definition) is 1. The lowest BCUT2D eigenvalue weighted by Gasteiger charge is -2.34. The molecule has 16 heavy (non-hydrogen) atoms. The van der Waals surface area contributed by atoms with E-state index in [0.29, 0.717) is 0 Å². The third-order valence-electron chi connectivity index (χ3n) is 3.23. The van der Waals surface area contributed by atoms with Gasteiger partial charge in [-0.3, -0.25) is 4.90 Å². The molecule has 0 spiro atoms. The van der Waals surface area contributed by atoms with Crippen molar-refractivity contribution >= 4 is 11.3 Å². The summed E-state index contributed by atoms with van der Waals surface area (Å²) < 4.78 is 0. The van der Waals surface area contributed by atoms with E-state index in [1.165, 1.54) is 10.7 Å². The zero-order valence-electron chi connectivity index (χ0n) is 11.0. The summed E-state index contributed by atoms with van der Waals surface area (Å²) >= 11 is 1.73. The zero-order chi connectivity index (χ0) is 12.2. The van der Waals surface area contributed by atoms with Gasteiger partial charge in [0.25, 0.3) is 0 Å². The highest BCUT2D eigenvalue weighted by Gasteiger charge is 2.21. The first-order chi connectivity index (χ1) is 7.49. The molecule has 0 saturated carbocycles. The van der Waals surface area contributed by atoms with E-state index < -0.39 is 0 Å². The van der Waals surface area contributed by atoms with Crippen molar-refractivity contribution in [1.29, 1.82) is 0 Å². The summed E-state index contributed by atoms with van der Waals surface area (Å²) in [6.07, 6.45) is 1.15. The van der Waals surface area contributed by atoms with Crippen molar-refractivity contribution in [3.63, 3.8) is 0 Å². The molecule has 0 aliphatic rings. The molecular weight excluding hydrogens is 218 g/mol. The van der Waals surface area contributed by atoms with Crippen molar-refractivity contribution in [1.82, 2.24) is 15.2 Å². The van der Waals surface area contributed by atoms with E-state index in [1.807, 2.05) is 7.05 Å². The number of rotatable bonds is 6. The summed E-state index contributed by atoms with van der Waals surface area (Å²) in [7, 11) is 4.12. The first kappa shape index (κ1) is 13.6. The highest BCUT2D eigenvalue weighted by atomic mass is 32.1. The average Bonchev–Trinajstić information content (AvgIpc) is 2.66. The quantitative estimate of drug-likeness (QED) is 0.829. The summed E-state index contributed by atoms with van der Waals surface area (Å²) in [5.74, 6) is 0. The van der Waals surface area contributed by atoms with E-state index in [-0.39, 0.29) is 5.54 Å². The largest absolute Gasteiger partial charge is 0.314 e. The lowest BCUT2D eigenvalue weighted by Crippen LogP contribution is -2.39. The molecule has 0 unspecified atom stereocenters. The molecule has 0 aromatic carbocycles. The third kappa shape index (κ3) is 3.54. The fraction of sp³-hybridized carbons (Fsp3) is 0.750. The molecule has 3 nitrogen and oxygen atoms in total. The molecule has 1 N–H and O–H groups in total. The van der Waals surface area contributed by atoms with Gasteiger partial charge in [0, 0.05) is 24.0 Å². The Morgan fingerprint density at radius 2 is 2.19 bits per heavy atom. The Labute approximate surface area is 103 Å². The van der Waals surface area contributed by atoms with Crippen molar-refractivity contribution < 1.29 is 0 Å². The highest BCUT2D eigenvalue weighted by molar-refractivity contribution is 7.09. The third-order valence-corrected chi connectivity index (χ3v) is 4.12. The van der Waals surface area contributed by atoms with Crippen molar-refractivity contribution in [2.75, 3.05) is 14.1 Å². The van der Waals surface area contributed by atoms with Crippen LogP contribution in [0.3, 0.4) is 0 Å². The maximum Gasteiger partial charge on any atom is 0.107 e. The maximum absolute atomic E-state index is 4.60. The Balaban J connectivity index is 2.59. The second-order valence-corrected chi connectivity index (χ2v) is 5.73. The minimum Gasteiger partial charge on any atom is -0.314 e. The van der Waals surface area contributed by atoms with Crippen LogP contribution in [0.25, 0.3) is 0 Å². The van der Waals surface area contributed by atoms with Gasteiger partial charge in [0.15, 0.2) is 0 Å². The first-order valence-corrected chi connectivity index (χ1v) is 6.66. The number of hydrogen-bond acceptors (Lipinski definition) is 4. The van der Waals surface area contributed by atoms with Crippen LogP contribution in [-0.2, 0) is 13.1 Å². The van der Waals surface area contributed by atoms with Gasteiger partial charge in [-0.1, -0.05) is 6.92 Å². The summed E-state index contributed by atoms with van der Waals surface area (Å²) in [6, 6.07) is 0. The van der Waals surface area contributed by atoms with E-state index in [0.717, 1.165) is 19.5 Å². The molecule has 1 aromatic heterocycles. The van der Waals surface area contributed by atoms with Crippen LogP contribution in [0.1, 0.15) is 37.9 Å². The van der Waals surface area contributed by atoms with Gasteiger partial charge in [-0.25, -0.2) is 4.98 Å². The standard InChI is InChI=1S/C12H23N3S/c1-6-12(2,3)15(5)8-10-9-16-11(14-10)7-13-4/h9,13H,6-8H2,1-5H3. The fourth-order valence-electron chi connectivity index (χ4n) is 1.38. The van der Waals surface area contributed by atoms with Crippen LogP contribution >= 0.6 is 11.3 Å². The summed E-state index contributed by atoms with van der Waals surface area (Å²) in [5.41, 5.74) is 1.42. The normalized spacial score (nSPS) is 12.4. The minimum atomic E-state index is 0.243. The number of aromatic nitrogens is 1. The SMILES string of the molecule is CCC(C)(C)N(C)Cc1csc(CNC)n1. The molecule has 1 aromatic rings. The molecule has 0 aliphatic heterocycles. The predicted molar refractivity (Wildman–Crippen MR) is 70.7 cm³/mol. The molecule has 0 bridgehead atoms. The minimum absolute atomic E-state index is 0.243. The smallest absolute Gasteiger partial charge is 0.107 e. The monoisotopic (exact) mass is 241 g/mol. The topological polar surface area (TPSA) is 28.2 Å². The van der Waals surface area contributed by atoms with Gasteiger partial charge in [0.1, 0.15) is 5.01 Å². The fourth-order valence-corrected chi connectivity index (χ4v) is 2.18. The Kier molecular flexibility index (Phi) is 4.89. The molecule has 1 heterocycles. The average molecular weight is 241 g/mol. The lowest BCUT2D eigenvalue weighted by atomic mass is 10.00. The molecule has 4 heteroatoms. The van der Waals surface area contributed by atoms with E-state index in [2.05, 4.69) is 48.4 Å².